The molecule has 0 radical (unpaired) electrons. The van der Waals surface area contributed by atoms with Crippen LogP contribution in [0.4, 0.5) is 0 Å². The van der Waals surface area contributed by atoms with Crippen LogP contribution in [0.5, 0.6) is 0 Å². The van der Waals surface area contributed by atoms with Crippen molar-refractivity contribution in [3.8, 4) is 6.07 Å². The topological polar surface area (TPSA) is 66.9 Å². The summed E-state index contributed by atoms with van der Waals surface area (Å²) >= 11 is 0. The van der Waals surface area contributed by atoms with E-state index in [1.54, 1.807) is 0 Å². The molecule has 0 bridgehead atoms. The molecule has 0 aliphatic heterocycles. The number of carbonyl (C=O) groups is 1. The highest BCUT2D eigenvalue weighted by Gasteiger charge is 2.32. The zero-order valence-corrected chi connectivity index (χ0v) is 15.1. The van der Waals surface area contributed by atoms with Gasteiger partial charge in [-0.05, 0) is 22.8 Å². The minimum atomic E-state index is -2.61. The van der Waals surface area contributed by atoms with Crippen LogP contribution >= 0.6 is 6.89 Å². The average Bonchev–Trinajstić information content (AvgIpc) is 2.73. The van der Waals surface area contributed by atoms with Crippen molar-refractivity contribution < 1.29 is 4.79 Å². The van der Waals surface area contributed by atoms with Gasteiger partial charge in [-0.2, -0.15) is 5.26 Å². The van der Waals surface area contributed by atoms with Crippen molar-refractivity contribution in [3.63, 3.8) is 0 Å². The second-order valence-electron chi connectivity index (χ2n) is 5.77. The van der Waals surface area contributed by atoms with Crippen molar-refractivity contribution in [1.29, 1.82) is 5.26 Å². The average molecular weight is 358 g/mol. The first-order chi connectivity index (χ1) is 12.7. The summed E-state index contributed by atoms with van der Waals surface area (Å²) in [4.78, 5) is 12.8. The van der Waals surface area contributed by atoms with E-state index in [0.717, 1.165) is 15.9 Å². The largest absolute Gasteiger partial charge is 0.324 e. The first-order valence-corrected chi connectivity index (χ1v) is 10.1. The molecule has 3 aromatic carbocycles. The molecule has 0 heterocycles. The lowest BCUT2D eigenvalue weighted by Gasteiger charge is -2.29. The summed E-state index contributed by atoms with van der Waals surface area (Å²) in [7, 11) is 0. The third-order valence-corrected chi connectivity index (χ3v) is 8.56. The maximum atomic E-state index is 12.8. The van der Waals surface area contributed by atoms with Crippen molar-refractivity contribution in [1.82, 2.24) is 0 Å². The van der Waals surface area contributed by atoms with Gasteiger partial charge in [0.25, 0.3) is 0 Å². The van der Waals surface area contributed by atoms with E-state index in [4.69, 9.17) is 5.73 Å². The molecule has 0 aromatic heterocycles. The van der Waals surface area contributed by atoms with E-state index in [0.29, 0.717) is 0 Å². The monoisotopic (exact) mass is 358 g/mol. The van der Waals surface area contributed by atoms with Gasteiger partial charge in [0.15, 0.2) is 5.78 Å². The van der Waals surface area contributed by atoms with Crippen LogP contribution < -0.4 is 21.6 Å². The Balaban J connectivity index is 2.59. The molecule has 3 aromatic rings. The van der Waals surface area contributed by atoms with Crippen LogP contribution in [-0.2, 0) is 4.79 Å². The highest BCUT2D eigenvalue weighted by atomic mass is 31.2. The molecule has 26 heavy (non-hydrogen) atoms. The number of nitrogens with zero attached hydrogens (tertiary/aromatic N) is 1. The molecule has 4 heteroatoms. The Bertz CT molecular complexity index is 887. The van der Waals surface area contributed by atoms with E-state index in [-0.39, 0.29) is 17.6 Å². The number of Topliss-reactive ketones (excluding diaryl/α,β-unsaturated/α-hetero) is 1. The van der Waals surface area contributed by atoms with Gasteiger partial charge in [-0.3, -0.25) is 4.79 Å². The fourth-order valence-corrected chi connectivity index (χ4v) is 7.35. The number of benzene rings is 3. The number of nitrogens with two attached hydrogens (primary N) is 1. The second kappa shape index (κ2) is 7.97. The van der Waals surface area contributed by atoms with Crippen molar-refractivity contribution in [2.24, 2.45) is 5.73 Å². The van der Waals surface area contributed by atoms with Crippen molar-refractivity contribution in [2.75, 3.05) is 6.54 Å². The SMILES string of the molecule is N#CC(C(=O)CN)=P(c1ccccc1)(c1ccccc1)c1ccccc1. The van der Waals surface area contributed by atoms with Crippen LogP contribution in [0.1, 0.15) is 0 Å². The van der Waals surface area contributed by atoms with Crippen LogP contribution in [0.15, 0.2) is 91.0 Å². The normalized spacial score (nSPS) is 10.8. The van der Waals surface area contributed by atoms with Gasteiger partial charge in [0, 0.05) is 0 Å². The molecule has 3 nitrogen and oxygen atoms in total. The lowest BCUT2D eigenvalue weighted by Crippen LogP contribution is -2.35. The Kier molecular flexibility index (Phi) is 5.49. The van der Waals surface area contributed by atoms with E-state index in [1.165, 1.54) is 0 Å². The first-order valence-electron chi connectivity index (χ1n) is 8.32. The Labute approximate surface area is 153 Å². The molecule has 0 spiro atoms. The summed E-state index contributed by atoms with van der Waals surface area (Å²) in [5, 5.41) is 13.2. The predicted octanol–water partition coefficient (Wildman–Crippen LogP) is 2.20. The Hall–Kier alpha value is -2.92. The number of hydrogen-bond acceptors (Lipinski definition) is 3. The van der Waals surface area contributed by atoms with Crippen LogP contribution in [-0.4, -0.2) is 17.6 Å². The molecule has 0 saturated heterocycles. The van der Waals surface area contributed by atoms with Gasteiger partial charge in [0.1, 0.15) is 11.4 Å². The van der Waals surface area contributed by atoms with Gasteiger partial charge in [0.2, 0.25) is 0 Å². The van der Waals surface area contributed by atoms with Crippen LogP contribution in [0, 0.1) is 11.3 Å². The third-order valence-electron chi connectivity index (χ3n) is 4.32. The Morgan fingerprint density at radius 1 is 0.769 bits per heavy atom. The summed E-state index contributed by atoms with van der Waals surface area (Å²) in [6, 6.07) is 31.7. The van der Waals surface area contributed by atoms with Gasteiger partial charge in [-0.1, -0.05) is 91.0 Å². The lowest BCUT2D eigenvalue weighted by molar-refractivity contribution is -0.111. The van der Waals surface area contributed by atoms with Crippen molar-refractivity contribution >= 4 is 33.9 Å². The molecule has 0 fully saturated rings. The number of nitriles is 1. The van der Waals surface area contributed by atoms with Gasteiger partial charge < -0.3 is 5.73 Å². The molecular weight excluding hydrogens is 339 g/mol. The van der Waals surface area contributed by atoms with Gasteiger partial charge in [-0.25, -0.2) is 0 Å². The number of carbonyl (C=O) groups excluding carboxylic acids is 1. The number of hydrogen-bond donors (Lipinski definition) is 1. The predicted molar refractivity (Wildman–Crippen MR) is 110 cm³/mol. The van der Waals surface area contributed by atoms with Crippen molar-refractivity contribution in [3.05, 3.63) is 91.0 Å². The molecule has 128 valence electrons. The summed E-state index contributed by atoms with van der Waals surface area (Å²) in [6.07, 6.45) is 0. The molecular formula is C22H19N2OP. The van der Waals surface area contributed by atoms with E-state index in [2.05, 4.69) is 6.07 Å². The molecule has 0 aliphatic carbocycles. The van der Waals surface area contributed by atoms with E-state index in [1.807, 2.05) is 91.0 Å². The Morgan fingerprint density at radius 2 is 1.12 bits per heavy atom. The maximum absolute atomic E-state index is 12.8. The molecule has 0 unspecified atom stereocenters. The molecule has 2 N–H and O–H groups in total. The minimum absolute atomic E-state index is 0.183. The molecule has 0 aliphatic rings. The zero-order chi connectivity index (χ0) is 18.4. The quantitative estimate of drug-likeness (QED) is 0.711. The molecule has 0 atom stereocenters. The van der Waals surface area contributed by atoms with Crippen LogP contribution in [0.2, 0.25) is 0 Å². The summed E-state index contributed by atoms with van der Waals surface area (Å²) in [5.41, 5.74) is 5.68. The van der Waals surface area contributed by atoms with E-state index < -0.39 is 6.89 Å². The highest BCUT2D eigenvalue weighted by molar-refractivity contribution is 7.96. The third kappa shape index (κ3) is 3.02. The van der Waals surface area contributed by atoms with Crippen molar-refractivity contribution in [2.45, 2.75) is 0 Å². The Morgan fingerprint density at radius 3 is 1.38 bits per heavy atom. The smallest absolute Gasteiger partial charge is 0.187 e. The molecule has 0 saturated carbocycles. The standard InChI is InChI=1S/C22H19N2OP/c23-16-21(25)22(17-24)26(18-10-4-1-5-11-18,19-12-6-2-7-13-19)20-14-8-3-9-15-20/h1-15H,16,23H2. The van der Waals surface area contributed by atoms with Crippen LogP contribution in [0.3, 0.4) is 0 Å². The van der Waals surface area contributed by atoms with Gasteiger partial charge >= 0.3 is 0 Å². The molecule has 0 amide bonds. The lowest BCUT2D eigenvalue weighted by atomic mass is 10.3. The fraction of sp³-hybridized carbons (Fsp3) is 0.0455. The zero-order valence-electron chi connectivity index (χ0n) is 14.2. The number of ketones is 1. The highest BCUT2D eigenvalue weighted by Crippen LogP contribution is 2.46. The van der Waals surface area contributed by atoms with Gasteiger partial charge in [-0.15, -0.1) is 0 Å². The second-order valence-corrected chi connectivity index (χ2v) is 9.10. The van der Waals surface area contributed by atoms with E-state index >= 15 is 0 Å². The van der Waals surface area contributed by atoms with E-state index in [9.17, 15) is 10.1 Å². The number of rotatable bonds is 5. The fourth-order valence-electron chi connectivity index (χ4n) is 3.21. The molecule has 3 rings (SSSR count). The van der Waals surface area contributed by atoms with Crippen LogP contribution in [0.25, 0.3) is 0 Å². The maximum Gasteiger partial charge on any atom is 0.187 e. The first kappa shape index (κ1) is 17.9. The minimum Gasteiger partial charge on any atom is -0.324 e. The summed E-state index contributed by atoms with van der Waals surface area (Å²) in [6.45, 7) is -2.79. The van der Waals surface area contributed by atoms with Gasteiger partial charge in [0.05, 0.1) is 6.54 Å². The summed E-state index contributed by atoms with van der Waals surface area (Å²) < 4.78 is 0. The summed E-state index contributed by atoms with van der Waals surface area (Å²) in [5.74, 6) is -0.308.